The fourth-order valence-corrected chi connectivity index (χ4v) is 4.89. The maximum atomic E-state index is 12.2. The van der Waals surface area contributed by atoms with Gasteiger partial charge in [-0.1, -0.05) is 60.3 Å². The van der Waals surface area contributed by atoms with E-state index in [4.69, 9.17) is 0 Å². The number of carbonyl (C=O) groups excluding carboxylic acids is 1. The van der Waals surface area contributed by atoms with E-state index in [0.717, 1.165) is 28.9 Å². The lowest BCUT2D eigenvalue weighted by Crippen LogP contribution is -2.22. The Morgan fingerprint density at radius 3 is 2.47 bits per heavy atom. The summed E-state index contributed by atoms with van der Waals surface area (Å²) in [5, 5.41) is 12.1. The van der Waals surface area contributed by atoms with Crippen molar-refractivity contribution in [2.24, 2.45) is 0 Å². The standard InChI is InChI=1S/C22H21N5OS2/c1-16-24-25-22(26(16)13-18-9-5-3-6-10-18)30-15-19-14-29-21(23-19)27(17(2)28)20-11-7-4-8-12-20/h3-12,14H,13,15H2,1-2H3. The topological polar surface area (TPSA) is 63.9 Å². The zero-order valence-electron chi connectivity index (χ0n) is 16.7. The molecule has 0 atom stereocenters. The van der Waals surface area contributed by atoms with Crippen molar-refractivity contribution in [2.45, 2.75) is 31.3 Å². The Morgan fingerprint density at radius 1 is 1.07 bits per heavy atom. The van der Waals surface area contributed by atoms with Crippen LogP contribution in [0.15, 0.2) is 71.2 Å². The average molecular weight is 436 g/mol. The summed E-state index contributed by atoms with van der Waals surface area (Å²) in [4.78, 5) is 18.5. The molecule has 0 unspecified atom stereocenters. The number of para-hydroxylation sites is 1. The number of nitrogens with zero attached hydrogens (tertiary/aromatic N) is 5. The highest BCUT2D eigenvalue weighted by atomic mass is 32.2. The van der Waals surface area contributed by atoms with Gasteiger partial charge >= 0.3 is 0 Å². The molecule has 2 aromatic heterocycles. The Bertz CT molecular complexity index is 1120. The van der Waals surface area contributed by atoms with Crippen LogP contribution in [0.5, 0.6) is 0 Å². The highest BCUT2D eigenvalue weighted by molar-refractivity contribution is 7.98. The summed E-state index contributed by atoms with van der Waals surface area (Å²) in [5.41, 5.74) is 2.93. The summed E-state index contributed by atoms with van der Waals surface area (Å²) in [6.07, 6.45) is 0. The van der Waals surface area contributed by atoms with Gasteiger partial charge in [0.25, 0.3) is 0 Å². The summed E-state index contributed by atoms with van der Waals surface area (Å²) < 4.78 is 2.11. The first-order chi connectivity index (χ1) is 14.6. The number of rotatable bonds is 7. The second kappa shape index (κ2) is 9.23. The number of carbonyl (C=O) groups is 1. The molecule has 0 aliphatic rings. The number of hydrogen-bond donors (Lipinski definition) is 0. The molecule has 0 aliphatic carbocycles. The molecule has 0 saturated heterocycles. The van der Waals surface area contributed by atoms with Gasteiger partial charge in [-0.3, -0.25) is 9.69 Å². The van der Waals surface area contributed by atoms with Crippen molar-refractivity contribution in [3.63, 3.8) is 0 Å². The lowest BCUT2D eigenvalue weighted by molar-refractivity contribution is -0.115. The molecule has 152 valence electrons. The maximum absolute atomic E-state index is 12.2. The van der Waals surface area contributed by atoms with Crippen molar-refractivity contribution in [2.75, 3.05) is 4.90 Å². The first-order valence-corrected chi connectivity index (χ1v) is 11.3. The van der Waals surface area contributed by atoms with Gasteiger partial charge in [0.1, 0.15) is 5.82 Å². The summed E-state index contributed by atoms with van der Waals surface area (Å²) >= 11 is 3.07. The number of amides is 1. The summed E-state index contributed by atoms with van der Waals surface area (Å²) in [6.45, 7) is 4.25. The molecule has 4 aromatic rings. The summed E-state index contributed by atoms with van der Waals surface area (Å²) in [7, 11) is 0. The molecule has 8 heteroatoms. The normalized spacial score (nSPS) is 10.9. The molecule has 4 rings (SSSR count). The molecule has 30 heavy (non-hydrogen) atoms. The largest absolute Gasteiger partial charge is 0.302 e. The van der Waals surface area contributed by atoms with Gasteiger partial charge in [-0.05, 0) is 24.6 Å². The molecule has 0 radical (unpaired) electrons. The molecule has 2 heterocycles. The van der Waals surface area contributed by atoms with Crippen molar-refractivity contribution >= 4 is 39.8 Å². The van der Waals surface area contributed by atoms with Crippen LogP contribution in [-0.4, -0.2) is 25.7 Å². The van der Waals surface area contributed by atoms with Gasteiger partial charge in [0.15, 0.2) is 10.3 Å². The number of aromatic nitrogens is 4. The lowest BCUT2D eigenvalue weighted by atomic mass is 10.2. The number of thiazole rings is 1. The second-order valence-corrected chi connectivity index (χ2v) is 8.48. The van der Waals surface area contributed by atoms with Gasteiger partial charge in [-0.25, -0.2) is 4.98 Å². The average Bonchev–Trinajstić information content (AvgIpc) is 3.35. The van der Waals surface area contributed by atoms with Gasteiger partial charge in [0.2, 0.25) is 5.91 Å². The molecule has 0 N–H and O–H groups in total. The highest BCUT2D eigenvalue weighted by Gasteiger charge is 2.18. The van der Waals surface area contributed by atoms with E-state index in [1.54, 1.807) is 23.6 Å². The maximum Gasteiger partial charge on any atom is 0.230 e. The van der Waals surface area contributed by atoms with E-state index in [0.29, 0.717) is 10.9 Å². The van der Waals surface area contributed by atoms with Crippen LogP contribution in [0.2, 0.25) is 0 Å². The van der Waals surface area contributed by atoms with Crippen LogP contribution in [0.3, 0.4) is 0 Å². The number of anilines is 2. The molecule has 1 amide bonds. The van der Waals surface area contributed by atoms with Crippen molar-refractivity contribution in [1.29, 1.82) is 0 Å². The van der Waals surface area contributed by atoms with Crippen molar-refractivity contribution in [3.05, 3.63) is 83.1 Å². The predicted molar refractivity (Wildman–Crippen MR) is 121 cm³/mol. The van der Waals surface area contributed by atoms with Gasteiger partial charge in [-0.2, -0.15) is 0 Å². The van der Waals surface area contributed by atoms with E-state index in [1.165, 1.54) is 16.9 Å². The van der Waals surface area contributed by atoms with Gasteiger partial charge in [-0.15, -0.1) is 21.5 Å². The first kappa shape index (κ1) is 20.3. The van der Waals surface area contributed by atoms with E-state index in [-0.39, 0.29) is 5.91 Å². The minimum atomic E-state index is -0.0621. The predicted octanol–water partition coefficient (Wildman–Crippen LogP) is 5.07. The van der Waals surface area contributed by atoms with E-state index in [1.807, 2.05) is 60.8 Å². The Balaban J connectivity index is 1.48. The SMILES string of the molecule is CC(=O)N(c1ccccc1)c1nc(CSc2nnc(C)n2Cc2ccccc2)cs1. The second-order valence-electron chi connectivity index (χ2n) is 6.70. The molecule has 0 spiro atoms. The number of thioether (sulfide) groups is 1. The first-order valence-electron chi connectivity index (χ1n) is 9.48. The summed E-state index contributed by atoms with van der Waals surface area (Å²) in [5.74, 6) is 1.48. The van der Waals surface area contributed by atoms with E-state index in [2.05, 4.69) is 31.9 Å². The quantitative estimate of drug-likeness (QED) is 0.379. The van der Waals surface area contributed by atoms with Gasteiger partial charge in [0, 0.05) is 18.1 Å². The van der Waals surface area contributed by atoms with Gasteiger partial charge in [0.05, 0.1) is 17.9 Å². The van der Waals surface area contributed by atoms with Crippen molar-refractivity contribution in [1.82, 2.24) is 19.7 Å². The van der Waals surface area contributed by atoms with Crippen LogP contribution >= 0.6 is 23.1 Å². The Labute approximate surface area is 183 Å². The van der Waals surface area contributed by atoms with E-state index in [9.17, 15) is 4.79 Å². The molecule has 0 saturated carbocycles. The number of aryl methyl sites for hydroxylation is 1. The third-order valence-electron chi connectivity index (χ3n) is 4.49. The third kappa shape index (κ3) is 4.60. The van der Waals surface area contributed by atoms with Crippen LogP contribution in [0.25, 0.3) is 0 Å². The third-order valence-corrected chi connectivity index (χ3v) is 6.37. The zero-order valence-corrected chi connectivity index (χ0v) is 18.4. The molecule has 2 aromatic carbocycles. The molecular weight excluding hydrogens is 414 g/mol. The zero-order chi connectivity index (χ0) is 20.9. The molecule has 0 aliphatic heterocycles. The van der Waals surface area contributed by atoms with E-state index >= 15 is 0 Å². The highest BCUT2D eigenvalue weighted by Crippen LogP contribution is 2.31. The van der Waals surface area contributed by atoms with Crippen LogP contribution in [0.4, 0.5) is 10.8 Å². The lowest BCUT2D eigenvalue weighted by Gasteiger charge is -2.17. The fraction of sp³-hybridized carbons (Fsp3) is 0.182. The Morgan fingerprint density at radius 2 is 1.77 bits per heavy atom. The smallest absolute Gasteiger partial charge is 0.230 e. The van der Waals surface area contributed by atoms with Crippen molar-refractivity contribution in [3.8, 4) is 0 Å². The fourth-order valence-electron chi connectivity index (χ4n) is 3.02. The minimum absolute atomic E-state index is 0.0621. The number of hydrogen-bond acceptors (Lipinski definition) is 6. The van der Waals surface area contributed by atoms with E-state index < -0.39 is 0 Å². The van der Waals surface area contributed by atoms with Crippen LogP contribution in [-0.2, 0) is 17.1 Å². The minimum Gasteiger partial charge on any atom is -0.302 e. The van der Waals surface area contributed by atoms with Crippen molar-refractivity contribution < 1.29 is 4.79 Å². The van der Waals surface area contributed by atoms with Crippen LogP contribution in [0, 0.1) is 6.92 Å². The number of benzene rings is 2. The molecule has 0 bridgehead atoms. The summed E-state index contributed by atoms with van der Waals surface area (Å²) in [6, 6.07) is 19.9. The van der Waals surface area contributed by atoms with Crippen LogP contribution < -0.4 is 4.90 Å². The molecule has 0 fully saturated rings. The molecular formula is C22H21N5OS2. The van der Waals surface area contributed by atoms with Gasteiger partial charge < -0.3 is 4.57 Å². The Hall–Kier alpha value is -2.97. The molecule has 6 nitrogen and oxygen atoms in total. The monoisotopic (exact) mass is 435 g/mol. The van der Waals surface area contributed by atoms with Crippen LogP contribution in [0.1, 0.15) is 24.0 Å². The Kier molecular flexibility index (Phi) is 6.25.